The number of aromatic nitrogens is 4. The Balaban J connectivity index is 2.08. The molecule has 0 bridgehead atoms. The van der Waals surface area contributed by atoms with Gasteiger partial charge in [-0.05, 0) is 12.1 Å². The standard InChI is InChI=1S/C13H8N4O3/c18-13(19)8-3-1-2-4-9(8)20-12-10-11(16-7-17-12)15-6-5-14-10/h1-7H,(H,18,19). The number of ether oxygens (including phenoxy) is 1. The minimum atomic E-state index is -1.08. The van der Waals surface area contributed by atoms with Gasteiger partial charge in [-0.1, -0.05) is 12.1 Å². The summed E-state index contributed by atoms with van der Waals surface area (Å²) >= 11 is 0. The van der Waals surface area contributed by atoms with E-state index in [4.69, 9.17) is 9.84 Å². The third-order valence-corrected chi connectivity index (χ3v) is 2.56. The monoisotopic (exact) mass is 268 g/mol. The largest absolute Gasteiger partial charge is 0.478 e. The first-order valence-electron chi connectivity index (χ1n) is 5.67. The summed E-state index contributed by atoms with van der Waals surface area (Å²) < 4.78 is 5.55. The number of hydrogen-bond donors (Lipinski definition) is 1. The van der Waals surface area contributed by atoms with Crippen LogP contribution >= 0.6 is 0 Å². The molecule has 98 valence electrons. The predicted molar refractivity (Wildman–Crippen MR) is 68.6 cm³/mol. The van der Waals surface area contributed by atoms with Gasteiger partial charge in [0, 0.05) is 12.4 Å². The Hall–Kier alpha value is -3.09. The number of benzene rings is 1. The number of fused-ring (bicyclic) bond motifs is 1. The number of carboxylic acids is 1. The van der Waals surface area contributed by atoms with Gasteiger partial charge in [-0.25, -0.2) is 19.7 Å². The van der Waals surface area contributed by atoms with Gasteiger partial charge in [0.2, 0.25) is 0 Å². The number of hydrogen-bond acceptors (Lipinski definition) is 6. The first-order valence-corrected chi connectivity index (χ1v) is 5.67. The first kappa shape index (κ1) is 12.0. The summed E-state index contributed by atoms with van der Waals surface area (Å²) in [6.07, 6.45) is 4.28. The second-order valence-corrected chi connectivity index (χ2v) is 3.81. The fourth-order valence-corrected chi connectivity index (χ4v) is 1.68. The highest BCUT2D eigenvalue weighted by Gasteiger charge is 2.14. The maximum atomic E-state index is 11.1. The lowest BCUT2D eigenvalue weighted by atomic mass is 10.2. The smallest absolute Gasteiger partial charge is 0.339 e. The van der Waals surface area contributed by atoms with Crippen molar-refractivity contribution >= 4 is 17.1 Å². The Kier molecular flexibility index (Phi) is 2.92. The molecule has 0 saturated heterocycles. The molecule has 0 spiro atoms. The van der Waals surface area contributed by atoms with Crippen LogP contribution in [-0.4, -0.2) is 31.0 Å². The van der Waals surface area contributed by atoms with E-state index in [1.54, 1.807) is 18.2 Å². The zero-order chi connectivity index (χ0) is 13.9. The molecule has 2 aromatic heterocycles. The van der Waals surface area contributed by atoms with Gasteiger partial charge in [-0.15, -0.1) is 0 Å². The van der Waals surface area contributed by atoms with Crippen molar-refractivity contribution in [2.24, 2.45) is 0 Å². The van der Waals surface area contributed by atoms with E-state index in [2.05, 4.69) is 19.9 Å². The molecule has 0 radical (unpaired) electrons. The summed E-state index contributed by atoms with van der Waals surface area (Å²) in [6, 6.07) is 6.30. The second-order valence-electron chi connectivity index (χ2n) is 3.81. The van der Waals surface area contributed by atoms with Crippen molar-refractivity contribution in [3.05, 3.63) is 48.5 Å². The molecule has 7 nitrogen and oxygen atoms in total. The molecule has 3 aromatic rings. The minimum Gasteiger partial charge on any atom is -0.478 e. The highest BCUT2D eigenvalue weighted by molar-refractivity contribution is 5.91. The molecule has 0 fully saturated rings. The van der Waals surface area contributed by atoms with Crippen molar-refractivity contribution in [2.45, 2.75) is 0 Å². The van der Waals surface area contributed by atoms with Gasteiger partial charge in [0.25, 0.3) is 5.88 Å². The molecule has 0 aliphatic rings. The molecule has 0 atom stereocenters. The zero-order valence-electron chi connectivity index (χ0n) is 10.1. The van der Waals surface area contributed by atoms with E-state index in [1.807, 2.05) is 0 Å². The molecule has 1 aromatic carbocycles. The summed E-state index contributed by atoms with van der Waals surface area (Å²) in [5.74, 6) is -0.729. The molecule has 0 saturated carbocycles. The van der Waals surface area contributed by atoms with Gasteiger partial charge >= 0.3 is 5.97 Å². The molecule has 0 aliphatic heterocycles. The molecule has 1 N–H and O–H groups in total. The van der Waals surface area contributed by atoms with Crippen LogP contribution in [0.4, 0.5) is 0 Å². The van der Waals surface area contributed by atoms with E-state index in [1.165, 1.54) is 24.8 Å². The molecule has 0 unspecified atom stereocenters. The van der Waals surface area contributed by atoms with Crippen LogP contribution in [0.5, 0.6) is 11.6 Å². The van der Waals surface area contributed by atoms with Crippen LogP contribution in [0, 0.1) is 0 Å². The fraction of sp³-hybridized carbons (Fsp3) is 0. The zero-order valence-corrected chi connectivity index (χ0v) is 10.1. The molecule has 0 aliphatic carbocycles. The molecule has 7 heteroatoms. The maximum Gasteiger partial charge on any atom is 0.339 e. The van der Waals surface area contributed by atoms with Gasteiger partial charge in [0.1, 0.15) is 17.6 Å². The van der Waals surface area contributed by atoms with Gasteiger partial charge in [-0.2, -0.15) is 4.98 Å². The van der Waals surface area contributed by atoms with Crippen LogP contribution in [0.3, 0.4) is 0 Å². The number of rotatable bonds is 3. The van der Waals surface area contributed by atoms with Gasteiger partial charge in [-0.3, -0.25) is 0 Å². The Morgan fingerprint density at radius 3 is 2.70 bits per heavy atom. The minimum absolute atomic E-state index is 0.0446. The fourth-order valence-electron chi connectivity index (χ4n) is 1.68. The number of aromatic carboxylic acids is 1. The van der Waals surface area contributed by atoms with Crippen LogP contribution in [0.2, 0.25) is 0 Å². The first-order chi connectivity index (χ1) is 9.75. The Morgan fingerprint density at radius 1 is 1.05 bits per heavy atom. The van der Waals surface area contributed by atoms with E-state index in [-0.39, 0.29) is 17.2 Å². The highest BCUT2D eigenvalue weighted by atomic mass is 16.5. The lowest BCUT2D eigenvalue weighted by molar-refractivity contribution is 0.0694. The average molecular weight is 268 g/mol. The van der Waals surface area contributed by atoms with Crippen molar-refractivity contribution in [3.8, 4) is 11.6 Å². The van der Waals surface area contributed by atoms with Crippen LogP contribution in [0.25, 0.3) is 11.2 Å². The molecule has 2 heterocycles. The molecular formula is C13H8N4O3. The lowest BCUT2D eigenvalue weighted by Crippen LogP contribution is -2.01. The molecular weight excluding hydrogens is 260 g/mol. The molecule has 20 heavy (non-hydrogen) atoms. The summed E-state index contributed by atoms with van der Waals surface area (Å²) in [5.41, 5.74) is 0.795. The van der Waals surface area contributed by atoms with E-state index >= 15 is 0 Å². The summed E-state index contributed by atoms with van der Waals surface area (Å²) in [6.45, 7) is 0. The Morgan fingerprint density at radius 2 is 1.85 bits per heavy atom. The average Bonchev–Trinajstić information content (AvgIpc) is 2.48. The lowest BCUT2D eigenvalue weighted by Gasteiger charge is -2.08. The van der Waals surface area contributed by atoms with E-state index < -0.39 is 5.97 Å². The van der Waals surface area contributed by atoms with Crippen LogP contribution in [-0.2, 0) is 0 Å². The van der Waals surface area contributed by atoms with E-state index in [0.29, 0.717) is 11.2 Å². The summed E-state index contributed by atoms with van der Waals surface area (Å²) in [5, 5.41) is 9.12. The van der Waals surface area contributed by atoms with Crippen LogP contribution < -0.4 is 4.74 Å². The topological polar surface area (TPSA) is 98.1 Å². The quantitative estimate of drug-likeness (QED) is 0.774. The third-order valence-electron chi connectivity index (χ3n) is 2.56. The van der Waals surface area contributed by atoms with Gasteiger partial charge in [0.05, 0.1) is 0 Å². The second kappa shape index (κ2) is 4.88. The molecule has 0 amide bonds. The van der Waals surface area contributed by atoms with Crippen molar-refractivity contribution in [1.29, 1.82) is 0 Å². The summed E-state index contributed by atoms with van der Waals surface area (Å²) in [7, 11) is 0. The Bertz CT molecular complexity index is 786. The maximum absolute atomic E-state index is 11.1. The number of carboxylic acid groups (broad SMARTS) is 1. The SMILES string of the molecule is O=C(O)c1ccccc1Oc1ncnc2nccnc12. The third kappa shape index (κ3) is 2.12. The predicted octanol–water partition coefficient (Wildman–Crippen LogP) is 1.91. The van der Waals surface area contributed by atoms with Crippen molar-refractivity contribution in [1.82, 2.24) is 19.9 Å². The van der Waals surface area contributed by atoms with Crippen molar-refractivity contribution in [3.63, 3.8) is 0 Å². The van der Waals surface area contributed by atoms with Crippen molar-refractivity contribution in [2.75, 3.05) is 0 Å². The van der Waals surface area contributed by atoms with E-state index in [0.717, 1.165) is 0 Å². The number of nitrogens with zero attached hydrogens (tertiary/aromatic N) is 4. The van der Waals surface area contributed by atoms with Crippen LogP contribution in [0.1, 0.15) is 10.4 Å². The van der Waals surface area contributed by atoms with Gasteiger partial charge in [0.15, 0.2) is 11.2 Å². The highest BCUT2D eigenvalue weighted by Crippen LogP contribution is 2.26. The number of carbonyl (C=O) groups is 1. The molecule has 3 rings (SSSR count). The van der Waals surface area contributed by atoms with E-state index in [9.17, 15) is 4.79 Å². The van der Waals surface area contributed by atoms with Gasteiger partial charge < -0.3 is 9.84 Å². The van der Waals surface area contributed by atoms with Crippen LogP contribution in [0.15, 0.2) is 43.0 Å². The van der Waals surface area contributed by atoms with Crippen molar-refractivity contribution < 1.29 is 14.6 Å². The Labute approximate surface area is 112 Å². The summed E-state index contributed by atoms with van der Waals surface area (Å²) in [4.78, 5) is 27.2. The normalized spacial score (nSPS) is 10.4. The number of para-hydroxylation sites is 1.